The smallest absolute Gasteiger partial charge is 0.0102 e. The van der Waals surface area contributed by atoms with Crippen molar-refractivity contribution in [2.24, 2.45) is 11.8 Å². The average Bonchev–Trinajstić information content (AvgIpc) is 3.09. The van der Waals surface area contributed by atoms with Gasteiger partial charge in [-0.1, -0.05) is 20.3 Å². The van der Waals surface area contributed by atoms with E-state index in [-0.39, 0.29) is 0 Å². The molecule has 0 aromatic heterocycles. The molecule has 1 aliphatic heterocycles. The van der Waals surface area contributed by atoms with E-state index in [1.165, 1.54) is 58.2 Å². The fourth-order valence-corrected chi connectivity index (χ4v) is 3.61. The molecule has 0 radical (unpaired) electrons. The van der Waals surface area contributed by atoms with Gasteiger partial charge in [0.1, 0.15) is 0 Å². The van der Waals surface area contributed by atoms with E-state index in [0.29, 0.717) is 0 Å². The molecule has 2 nitrogen and oxygen atoms in total. The summed E-state index contributed by atoms with van der Waals surface area (Å²) in [4.78, 5) is 2.64. The summed E-state index contributed by atoms with van der Waals surface area (Å²) in [5.41, 5.74) is 0. The van der Waals surface area contributed by atoms with Gasteiger partial charge in [0, 0.05) is 12.1 Å². The maximum absolute atomic E-state index is 3.89. The van der Waals surface area contributed by atoms with Gasteiger partial charge in [0.25, 0.3) is 0 Å². The third-order valence-electron chi connectivity index (χ3n) is 4.94. The first-order valence-electron chi connectivity index (χ1n) is 8.23. The highest BCUT2D eigenvalue weighted by atomic mass is 15.1. The van der Waals surface area contributed by atoms with E-state index in [9.17, 15) is 0 Å². The van der Waals surface area contributed by atoms with Crippen LogP contribution in [0.15, 0.2) is 0 Å². The van der Waals surface area contributed by atoms with Crippen molar-refractivity contribution >= 4 is 0 Å². The van der Waals surface area contributed by atoms with E-state index in [1.54, 1.807) is 0 Å². The molecule has 1 saturated heterocycles. The van der Waals surface area contributed by atoms with Crippen LogP contribution in [0.3, 0.4) is 0 Å². The highest BCUT2D eigenvalue weighted by Crippen LogP contribution is 2.36. The zero-order valence-corrected chi connectivity index (χ0v) is 12.6. The number of hydrogen-bond acceptors (Lipinski definition) is 2. The molecule has 1 heterocycles. The summed E-state index contributed by atoms with van der Waals surface area (Å²) in [5, 5.41) is 3.89. The van der Waals surface area contributed by atoms with E-state index in [1.807, 2.05) is 0 Å². The lowest BCUT2D eigenvalue weighted by Gasteiger charge is -2.35. The van der Waals surface area contributed by atoms with Gasteiger partial charge in [-0.05, 0) is 70.5 Å². The Morgan fingerprint density at radius 3 is 2.50 bits per heavy atom. The number of hydrogen-bond donors (Lipinski definition) is 1. The number of rotatable bonds is 7. The minimum atomic E-state index is 0.737. The molecule has 18 heavy (non-hydrogen) atoms. The molecule has 1 aliphatic carbocycles. The molecule has 106 valence electrons. The summed E-state index contributed by atoms with van der Waals surface area (Å²) in [7, 11) is 0. The SMILES string of the molecule is CCCC1CC1NC(C)C1CCN(CCC)CC1. The molecule has 0 aromatic carbocycles. The molecule has 0 amide bonds. The van der Waals surface area contributed by atoms with Gasteiger partial charge in [-0.2, -0.15) is 0 Å². The van der Waals surface area contributed by atoms with E-state index >= 15 is 0 Å². The predicted octanol–water partition coefficient (Wildman–Crippen LogP) is 3.28. The second kappa shape index (κ2) is 6.91. The second-order valence-electron chi connectivity index (χ2n) is 6.53. The van der Waals surface area contributed by atoms with E-state index in [0.717, 1.165) is 23.9 Å². The first kappa shape index (κ1) is 14.3. The quantitative estimate of drug-likeness (QED) is 0.748. The summed E-state index contributed by atoms with van der Waals surface area (Å²) >= 11 is 0. The average molecular weight is 252 g/mol. The molecular weight excluding hydrogens is 220 g/mol. The fourth-order valence-electron chi connectivity index (χ4n) is 3.61. The van der Waals surface area contributed by atoms with Crippen molar-refractivity contribution in [3.8, 4) is 0 Å². The maximum atomic E-state index is 3.89. The molecule has 2 rings (SSSR count). The Kier molecular flexibility index (Phi) is 5.50. The van der Waals surface area contributed by atoms with Crippen molar-refractivity contribution in [2.45, 2.75) is 71.4 Å². The molecule has 0 spiro atoms. The number of likely N-dealkylation sites (tertiary alicyclic amines) is 1. The lowest BCUT2D eigenvalue weighted by atomic mass is 9.90. The summed E-state index contributed by atoms with van der Waals surface area (Å²) in [6.07, 6.45) is 8.33. The van der Waals surface area contributed by atoms with Crippen LogP contribution in [0.25, 0.3) is 0 Å². The van der Waals surface area contributed by atoms with Crippen LogP contribution >= 0.6 is 0 Å². The highest BCUT2D eigenvalue weighted by molar-refractivity contribution is 4.95. The minimum Gasteiger partial charge on any atom is -0.311 e. The molecule has 1 N–H and O–H groups in total. The van der Waals surface area contributed by atoms with Crippen LogP contribution < -0.4 is 5.32 Å². The zero-order valence-electron chi connectivity index (χ0n) is 12.6. The van der Waals surface area contributed by atoms with Gasteiger partial charge < -0.3 is 10.2 Å². The lowest BCUT2D eigenvalue weighted by Crippen LogP contribution is -2.43. The maximum Gasteiger partial charge on any atom is 0.0102 e. The summed E-state index contributed by atoms with van der Waals surface area (Å²) in [6, 6.07) is 1.59. The monoisotopic (exact) mass is 252 g/mol. The molecule has 2 fully saturated rings. The first-order valence-corrected chi connectivity index (χ1v) is 8.23. The van der Waals surface area contributed by atoms with Crippen molar-refractivity contribution in [1.82, 2.24) is 10.2 Å². The Bertz CT molecular complexity index is 233. The van der Waals surface area contributed by atoms with E-state index in [4.69, 9.17) is 0 Å². The molecule has 2 aliphatic rings. The van der Waals surface area contributed by atoms with Gasteiger partial charge in [0.15, 0.2) is 0 Å². The second-order valence-corrected chi connectivity index (χ2v) is 6.53. The molecule has 2 heteroatoms. The summed E-state index contributed by atoms with van der Waals surface area (Å²) in [6.45, 7) is 11.0. The lowest BCUT2D eigenvalue weighted by molar-refractivity contribution is 0.162. The molecule has 3 unspecified atom stereocenters. The van der Waals surface area contributed by atoms with Crippen LogP contribution in [0.1, 0.15) is 59.3 Å². The van der Waals surface area contributed by atoms with Crippen molar-refractivity contribution in [3.63, 3.8) is 0 Å². The zero-order chi connectivity index (χ0) is 13.0. The summed E-state index contributed by atoms with van der Waals surface area (Å²) in [5.74, 6) is 1.92. The molecule has 0 aromatic rings. The van der Waals surface area contributed by atoms with Crippen molar-refractivity contribution in [1.29, 1.82) is 0 Å². The Morgan fingerprint density at radius 2 is 1.89 bits per heavy atom. The van der Waals surface area contributed by atoms with Gasteiger partial charge in [-0.25, -0.2) is 0 Å². The Balaban J connectivity index is 1.64. The van der Waals surface area contributed by atoms with Crippen molar-refractivity contribution in [2.75, 3.05) is 19.6 Å². The summed E-state index contributed by atoms with van der Waals surface area (Å²) < 4.78 is 0. The Morgan fingerprint density at radius 1 is 1.17 bits per heavy atom. The Labute approximate surface area is 114 Å². The van der Waals surface area contributed by atoms with Crippen LogP contribution in [-0.2, 0) is 0 Å². The van der Waals surface area contributed by atoms with Crippen LogP contribution in [0.4, 0.5) is 0 Å². The van der Waals surface area contributed by atoms with Gasteiger partial charge in [-0.15, -0.1) is 0 Å². The van der Waals surface area contributed by atoms with Crippen LogP contribution in [-0.4, -0.2) is 36.6 Å². The van der Waals surface area contributed by atoms with Crippen LogP contribution in [0, 0.1) is 11.8 Å². The van der Waals surface area contributed by atoms with Crippen LogP contribution in [0.2, 0.25) is 0 Å². The van der Waals surface area contributed by atoms with Crippen molar-refractivity contribution < 1.29 is 0 Å². The van der Waals surface area contributed by atoms with E-state index in [2.05, 4.69) is 31.0 Å². The molecule has 3 atom stereocenters. The third-order valence-corrected chi connectivity index (χ3v) is 4.94. The van der Waals surface area contributed by atoms with Gasteiger partial charge >= 0.3 is 0 Å². The number of piperidine rings is 1. The normalized spacial score (nSPS) is 31.5. The first-order chi connectivity index (χ1) is 8.74. The molecule has 1 saturated carbocycles. The predicted molar refractivity (Wildman–Crippen MR) is 78.9 cm³/mol. The number of nitrogens with one attached hydrogen (secondary N) is 1. The van der Waals surface area contributed by atoms with Gasteiger partial charge in [0.2, 0.25) is 0 Å². The minimum absolute atomic E-state index is 0.737. The number of nitrogens with zero attached hydrogens (tertiary/aromatic N) is 1. The van der Waals surface area contributed by atoms with Gasteiger partial charge in [-0.3, -0.25) is 0 Å². The topological polar surface area (TPSA) is 15.3 Å². The largest absolute Gasteiger partial charge is 0.311 e. The van der Waals surface area contributed by atoms with Crippen LogP contribution in [0.5, 0.6) is 0 Å². The van der Waals surface area contributed by atoms with E-state index < -0.39 is 0 Å². The standard InChI is InChI=1S/C16H32N2/c1-4-6-15-12-16(15)17-13(3)14-7-10-18(9-5-2)11-8-14/h13-17H,4-12H2,1-3H3. The Hall–Kier alpha value is -0.0800. The highest BCUT2D eigenvalue weighted by Gasteiger charge is 2.37. The molecule has 0 bridgehead atoms. The fraction of sp³-hybridized carbons (Fsp3) is 1.00. The third kappa shape index (κ3) is 3.96. The molecular formula is C16H32N2. The van der Waals surface area contributed by atoms with Gasteiger partial charge in [0.05, 0.1) is 0 Å². The van der Waals surface area contributed by atoms with Crippen molar-refractivity contribution in [3.05, 3.63) is 0 Å².